The summed E-state index contributed by atoms with van der Waals surface area (Å²) < 4.78 is 14.7. The minimum Gasteiger partial charge on any atom is -0.321 e. The van der Waals surface area contributed by atoms with Crippen LogP contribution in [0.2, 0.25) is 10.0 Å². The van der Waals surface area contributed by atoms with Gasteiger partial charge in [0.15, 0.2) is 0 Å². The number of amides is 1. The highest BCUT2D eigenvalue weighted by atomic mass is 35.5. The van der Waals surface area contributed by atoms with Crippen LogP contribution in [0.4, 0.5) is 10.1 Å². The van der Waals surface area contributed by atoms with E-state index in [4.69, 9.17) is 23.2 Å². The van der Waals surface area contributed by atoms with Gasteiger partial charge in [0.05, 0.1) is 27.0 Å². The van der Waals surface area contributed by atoms with Gasteiger partial charge in [0.2, 0.25) is 0 Å². The second kappa shape index (κ2) is 6.31. The first-order chi connectivity index (χ1) is 11.1. The van der Waals surface area contributed by atoms with E-state index in [0.717, 1.165) is 6.07 Å². The fraction of sp³-hybridized carbons (Fsp3) is 0. The molecule has 1 N–H and O–H groups in total. The molecule has 116 valence electrons. The maximum absolute atomic E-state index is 13.5. The zero-order valence-electron chi connectivity index (χ0n) is 11.4. The normalized spacial score (nSPS) is 10.6. The molecule has 3 aromatic rings. The molecular formula is C14H8Cl2FN5O. The van der Waals surface area contributed by atoms with Crippen molar-refractivity contribution in [2.45, 2.75) is 0 Å². The van der Waals surface area contributed by atoms with Crippen molar-refractivity contribution in [1.29, 1.82) is 0 Å². The SMILES string of the molecule is O=C(Nc1cccc(Cl)c1Cl)c1ccc(F)cc1-n1cnnn1. The van der Waals surface area contributed by atoms with E-state index in [1.54, 1.807) is 18.2 Å². The van der Waals surface area contributed by atoms with E-state index < -0.39 is 11.7 Å². The number of carbonyl (C=O) groups is 1. The van der Waals surface area contributed by atoms with E-state index in [0.29, 0.717) is 10.7 Å². The summed E-state index contributed by atoms with van der Waals surface area (Å²) >= 11 is 12.0. The van der Waals surface area contributed by atoms with E-state index >= 15 is 0 Å². The number of benzene rings is 2. The Kier molecular flexibility index (Phi) is 4.22. The number of tetrazole rings is 1. The summed E-state index contributed by atoms with van der Waals surface area (Å²) in [5.74, 6) is -1.02. The number of halogens is 3. The maximum atomic E-state index is 13.5. The first-order valence-electron chi connectivity index (χ1n) is 6.34. The first kappa shape index (κ1) is 15.4. The van der Waals surface area contributed by atoms with Crippen molar-refractivity contribution in [3.05, 3.63) is 64.2 Å². The van der Waals surface area contributed by atoms with E-state index in [-0.39, 0.29) is 16.3 Å². The standard InChI is InChI=1S/C14H8Cl2FN5O/c15-10-2-1-3-11(13(10)16)19-14(23)9-5-4-8(17)6-12(9)22-7-18-20-21-22/h1-7H,(H,19,23). The van der Waals surface area contributed by atoms with E-state index in [2.05, 4.69) is 20.8 Å². The number of nitrogens with one attached hydrogen (secondary N) is 1. The molecule has 0 radical (unpaired) electrons. The fourth-order valence-corrected chi connectivity index (χ4v) is 2.30. The third-order valence-electron chi connectivity index (χ3n) is 3.00. The largest absolute Gasteiger partial charge is 0.321 e. The molecule has 0 bridgehead atoms. The summed E-state index contributed by atoms with van der Waals surface area (Å²) in [6, 6.07) is 8.51. The number of hydrogen-bond donors (Lipinski definition) is 1. The van der Waals surface area contributed by atoms with Gasteiger partial charge in [-0.1, -0.05) is 29.3 Å². The lowest BCUT2D eigenvalue weighted by Crippen LogP contribution is -2.16. The van der Waals surface area contributed by atoms with E-state index in [1.807, 2.05) is 0 Å². The minimum absolute atomic E-state index is 0.176. The Balaban J connectivity index is 1.98. The van der Waals surface area contributed by atoms with Crippen molar-refractivity contribution in [2.75, 3.05) is 5.32 Å². The highest BCUT2D eigenvalue weighted by molar-refractivity contribution is 6.44. The lowest BCUT2D eigenvalue weighted by molar-refractivity contribution is 0.102. The molecule has 6 nitrogen and oxygen atoms in total. The predicted octanol–water partition coefficient (Wildman–Crippen LogP) is 3.36. The molecule has 0 aliphatic rings. The molecule has 0 unspecified atom stereocenters. The summed E-state index contributed by atoms with van der Waals surface area (Å²) in [5, 5.41) is 13.8. The minimum atomic E-state index is -0.521. The fourth-order valence-electron chi connectivity index (χ4n) is 1.95. The molecule has 23 heavy (non-hydrogen) atoms. The van der Waals surface area contributed by atoms with Gasteiger partial charge in [-0.15, -0.1) is 5.10 Å². The van der Waals surface area contributed by atoms with Crippen LogP contribution in [-0.4, -0.2) is 26.1 Å². The Labute approximate surface area is 139 Å². The van der Waals surface area contributed by atoms with Crippen LogP contribution in [0, 0.1) is 5.82 Å². The van der Waals surface area contributed by atoms with Crippen molar-refractivity contribution in [1.82, 2.24) is 20.2 Å². The van der Waals surface area contributed by atoms with Crippen LogP contribution in [0.25, 0.3) is 5.69 Å². The van der Waals surface area contributed by atoms with Gasteiger partial charge < -0.3 is 5.32 Å². The van der Waals surface area contributed by atoms with Crippen LogP contribution in [-0.2, 0) is 0 Å². The molecule has 1 heterocycles. The van der Waals surface area contributed by atoms with E-state index in [1.165, 1.54) is 23.1 Å². The van der Waals surface area contributed by atoms with Crippen LogP contribution < -0.4 is 5.32 Å². The summed E-state index contributed by atoms with van der Waals surface area (Å²) in [6.07, 6.45) is 1.26. The molecule has 2 aromatic carbocycles. The Morgan fingerprint density at radius 3 is 2.78 bits per heavy atom. The number of aromatic nitrogens is 4. The molecule has 0 fully saturated rings. The Bertz CT molecular complexity index is 870. The summed E-state index contributed by atoms with van der Waals surface area (Å²) in [4.78, 5) is 12.5. The Hall–Kier alpha value is -2.51. The average Bonchev–Trinajstić information content (AvgIpc) is 3.06. The van der Waals surface area contributed by atoms with Gasteiger partial charge in [-0.3, -0.25) is 4.79 Å². The van der Waals surface area contributed by atoms with Gasteiger partial charge in [0.1, 0.15) is 12.1 Å². The number of carbonyl (C=O) groups excluding carboxylic acids is 1. The molecule has 0 aliphatic carbocycles. The Morgan fingerprint density at radius 2 is 2.04 bits per heavy atom. The molecule has 0 aliphatic heterocycles. The van der Waals surface area contributed by atoms with Crippen LogP contribution in [0.15, 0.2) is 42.7 Å². The maximum Gasteiger partial charge on any atom is 0.257 e. The topological polar surface area (TPSA) is 72.7 Å². The van der Waals surface area contributed by atoms with Gasteiger partial charge in [0, 0.05) is 6.07 Å². The molecule has 0 atom stereocenters. The van der Waals surface area contributed by atoms with Crippen molar-refractivity contribution >= 4 is 34.8 Å². The van der Waals surface area contributed by atoms with Gasteiger partial charge in [-0.2, -0.15) is 4.68 Å². The molecule has 9 heteroatoms. The zero-order chi connectivity index (χ0) is 16.4. The number of anilines is 1. The van der Waals surface area contributed by atoms with E-state index in [9.17, 15) is 9.18 Å². The smallest absolute Gasteiger partial charge is 0.257 e. The van der Waals surface area contributed by atoms with Crippen molar-refractivity contribution in [2.24, 2.45) is 0 Å². The second-order valence-electron chi connectivity index (χ2n) is 4.47. The molecule has 0 saturated heterocycles. The molecular weight excluding hydrogens is 344 g/mol. The molecule has 0 saturated carbocycles. The first-order valence-corrected chi connectivity index (χ1v) is 7.10. The predicted molar refractivity (Wildman–Crippen MR) is 83.5 cm³/mol. The van der Waals surface area contributed by atoms with Crippen molar-refractivity contribution in [3.8, 4) is 5.69 Å². The third-order valence-corrected chi connectivity index (χ3v) is 3.82. The lowest BCUT2D eigenvalue weighted by atomic mass is 10.1. The Morgan fingerprint density at radius 1 is 1.22 bits per heavy atom. The highest BCUT2D eigenvalue weighted by Gasteiger charge is 2.16. The summed E-state index contributed by atoms with van der Waals surface area (Å²) in [5.41, 5.74) is 0.719. The van der Waals surface area contributed by atoms with Crippen LogP contribution in [0.3, 0.4) is 0 Å². The quantitative estimate of drug-likeness (QED) is 0.785. The number of hydrogen-bond acceptors (Lipinski definition) is 4. The average molecular weight is 352 g/mol. The van der Waals surface area contributed by atoms with Gasteiger partial charge in [-0.05, 0) is 34.7 Å². The van der Waals surface area contributed by atoms with Gasteiger partial charge in [0.25, 0.3) is 5.91 Å². The van der Waals surface area contributed by atoms with Crippen LogP contribution in [0.5, 0.6) is 0 Å². The third kappa shape index (κ3) is 3.15. The molecule has 1 amide bonds. The number of nitrogens with zero attached hydrogens (tertiary/aromatic N) is 4. The summed E-state index contributed by atoms with van der Waals surface area (Å²) in [7, 11) is 0. The molecule has 1 aromatic heterocycles. The second-order valence-corrected chi connectivity index (χ2v) is 5.26. The van der Waals surface area contributed by atoms with Crippen LogP contribution in [0.1, 0.15) is 10.4 Å². The van der Waals surface area contributed by atoms with Crippen molar-refractivity contribution in [3.63, 3.8) is 0 Å². The van der Waals surface area contributed by atoms with Crippen LogP contribution >= 0.6 is 23.2 Å². The van der Waals surface area contributed by atoms with Gasteiger partial charge in [-0.25, -0.2) is 4.39 Å². The van der Waals surface area contributed by atoms with Crippen molar-refractivity contribution < 1.29 is 9.18 Å². The lowest BCUT2D eigenvalue weighted by Gasteiger charge is -2.11. The molecule has 0 spiro atoms. The summed E-state index contributed by atoms with van der Waals surface area (Å²) in [6.45, 7) is 0. The molecule has 3 rings (SSSR count). The highest BCUT2D eigenvalue weighted by Crippen LogP contribution is 2.30. The number of rotatable bonds is 3. The zero-order valence-corrected chi connectivity index (χ0v) is 12.9. The monoisotopic (exact) mass is 351 g/mol. The van der Waals surface area contributed by atoms with Gasteiger partial charge >= 0.3 is 0 Å².